The molecule has 4 heteroatoms. The van der Waals surface area contributed by atoms with Crippen molar-refractivity contribution in [1.82, 2.24) is 10.3 Å². The van der Waals surface area contributed by atoms with Crippen LogP contribution in [0.1, 0.15) is 38.5 Å². The molecule has 1 heterocycles. The van der Waals surface area contributed by atoms with E-state index in [4.69, 9.17) is 9.15 Å². The second-order valence-electron chi connectivity index (χ2n) is 4.50. The summed E-state index contributed by atoms with van der Waals surface area (Å²) in [4.78, 5) is 4.22. The zero-order valence-electron chi connectivity index (χ0n) is 10.8. The molecule has 92 valence electrons. The molecular weight excluding hydrogens is 204 g/mol. The summed E-state index contributed by atoms with van der Waals surface area (Å²) in [5.74, 6) is 2.09. The van der Waals surface area contributed by atoms with Crippen LogP contribution in [0.2, 0.25) is 0 Å². The van der Waals surface area contributed by atoms with Gasteiger partial charge in [0.15, 0.2) is 0 Å². The molecule has 0 aliphatic rings. The van der Waals surface area contributed by atoms with Crippen LogP contribution in [0.5, 0.6) is 0 Å². The summed E-state index contributed by atoms with van der Waals surface area (Å²) in [5.41, 5.74) is 0. The minimum atomic E-state index is 0.108. The van der Waals surface area contributed by atoms with Crippen molar-refractivity contribution in [3.05, 3.63) is 17.8 Å². The summed E-state index contributed by atoms with van der Waals surface area (Å²) in [5, 5.41) is 3.47. The number of oxazole rings is 1. The van der Waals surface area contributed by atoms with Gasteiger partial charge in [0.05, 0.1) is 18.8 Å². The molecule has 1 aromatic rings. The molecule has 0 aliphatic heterocycles. The molecule has 0 bridgehead atoms. The van der Waals surface area contributed by atoms with Crippen LogP contribution in [-0.4, -0.2) is 24.7 Å². The van der Waals surface area contributed by atoms with E-state index >= 15 is 0 Å². The molecule has 2 atom stereocenters. The van der Waals surface area contributed by atoms with E-state index in [1.807, 2.05) is 6.92 Å². The van der Waals surface area contributed by atoms with Gasteiger partial charge in [0.2, 0.25) is 5.89 Å². The number of aryl methyl sites for hydroxylation is 1. The molecule has 4 nitrogen and oxygen atoms in total. The zero-order valence-corrected chi connectivity index (χ0v) is 10.8. The Labute approximate surface area is 97.4 Å². The lowest BCUT2D eigenvalue weighted by molar-refractivity contribution is 0.139. The fraction of sp³-hybridized carbons (Fsp3) is 0.750. The van der Waals surface area contributed by atoms with Crippen LogP contribution in [0.15, 0.2) is 10.6 Å². The third-order valence-electron chi connectivity index (χ3n) is 2.62. The molecule has 0 aliphatic carbocycles. The van der Waals surface area contributed by atoms with Gasteiger partial charge in [-0.2, -0.15) is 0 Å². The number of hydrogen-bond acceptors (Lipinski definition) is 4. The smallest absolute Gasteiger partial charge is 0.211 e. The number of hydrogen-bond donors (Lipinski definition) is 1. The molecule has 0 aromatic carbocycles. The average molecular weight is 226 g/mol. The Morgan fingerprint density at radius 1 is 1.44 bits per heavy atom. The summed E-state index contributed by atoms with van der Waals surface area (Å²) in [7, 11) is 1.72. The molecule has 0 radical (unpaired) electrons. The summed E-state index contributed by atoms with van der Waals surface area (Å²) < 4.78 is 10.7. The third-order valence-corrected chi connectivity index (χ3v) is 2.62. The van der Waals surface area contributed by atoms with Crippen molar-refractivity contribution in [2.24, 2.45) is 5.92 Å². The molecule has 0 fully saturated rings. The first-order chi connectivity index (χ1) is 7.54. The lowest BCUT2D eigenvalue weighted by atomic mass is 10.0. The Morgan fingerprint density at radius 2 is 2.12 bits per heavy atom. The first-order valence-corrected chi connectivity index (χ1v) is 5.72. The Balaban J connectivity index is 2.57. The van der Waals surface area contributed by atoms with E-state index in [1.165, 1.54) is 0 Å². The van der Waals surface area contributed by atoms with Gasteiger partial charge in [-0.15, -0.1) is 0 Å². The minimum Gasteiger partial charge on any atom is -0.444 e. The summed E-state index contributed by atoms with van der Waals surface area (Å²) >= 11 is 0. The van der Waals surface area contributed by atoms with Crippen LogP contribution in [0, 0.1) is 12.8 Å². The quantitative estimate of drug-likeness (QED) is 0.808. The largest absolute Gasteiger partial charge is 0.444 e. The third kappa shape index (κ3) is 3.61. The van der Waals surface area contributed by atoms with Crippen molar-refractivity contribution in [3.63, 3.8) is 0 Å². The van der Waals surface area contributed by atoms with E-state index in [9.17, 15) is 0 Å². The predicted octanol–water partition coefficient (Wildman–Crippen LogP) is 2.30. The number of nitrogens with one attached hydrogen (secondary N) is 1. The molecule has 1 N–H and O–H groups in total. The Morgan fingerprint density at radius 3 is 2.56 bits per heavy atom. The highest BCUT2D eigenvalue weighted by Crippen LogP contribution is 2.14. The summed E-state index contributed by atoms with van der Waals surface area (Å²) in [6.07, 6.45) is 1.74. The van der Waals surface area contributed by atoms with Crippen LogP contribution in [0.3, 0.4) is 0 Å². The van der Waals surface area contributed by atoms with E-state index in [-0.39, 0.29) is 6.04 Å². The van der Waals surface area contributed by atoms with Crippen molar-refractivity contribution < 1.29 is 9.15 Å². The number of methoxy groups -OCH3 is 1. The molecule has 1 rings (SSSR count). The SMILES string of the molecule is COCC(NC(C)c1ncc(C)o1)C(C)C. The highest BCUT2D eigenvalue weighted by Gasteiger charge is 2.19. The molecule has 2 unspecified atom stereocenters. The van der Waals surface area contributed by atoms with Gasteiger partial charge in [-0.1, -0.05) is 13.8 Å². The molecule has 0 spiro atoms. The number of rotatable bonds is 6. The normalized spacial score (nSPS) is 15.4. The fourth-order valence-electron chi connectivity index (χ4n) is 1.58. The van der Waals surface area contributed by atoms with Gasteiger partial charge in [0, 0.05) is 13.2 Å². The number of aromatic nitrogens is 1. The van der Waals surface area contributed by atoms with E-state index in [2.05, 4.69) is 31.1 Å². The Hall–Kier alpha value is -0.870. The maximum Gasteiger partial charge on any atom is 0.211 e. The van der Waals surface area contributed by atoms with Crippen LogP contribution in [-0.2, 0) is 4.74 Å². The van der Waals surface area contributed by atoms with Crippen molar-refractivity contribution in [2.75, 3.05) is 13.7 Å². The van der Waals surface area contributed by atoms with Gasteiger partial charge in [0.1, 0.15) is 5.76 Å². The van der Waals surface area contributed by atoms with Crippen LogP contribution < -0.4 is 5.32 Å². The van der Waals surface area contributed by atoms with Crippen molar-refractivity contribution in [1.29, 1.82) is 0 Å². The standard InChI is InChI=1S/C12H22N2O2/c1-8(2)11(7-15-5)14-10(4)12-13-6-9(3)16-12/h6,8,10-11,14H,7H2,1-5H3. The van der Waals surface area contributed by atoms with Gasteiger partial charge in [0.25, 0.3) is 0 Å². The Bertz CT molecular complexity index is 310. The zero-order chi connectivity index (χ0) is 12.1. The van der Waals surface area contributed by atoms with Gasteiger partial charge < -0.3 is 14.5 Å². The van der Waals surface area contributed by atoms with Crippen LogP contribution in [0.4, 0.5) is 0 Å². The monoisotopic (exact) mass is 226 g/mol. The average Bonchev–Trinajstić information content (AvgIpc) is 2.64. The van der Waals surface area contributed by atoms with Gasteiger partial charge in [-0.05, 0) is 19.8 Å². The van der Waals surface area contributed by atoms with Crippen LogP contribution in [0.25, 0.3) is 0 Å². The lowest BCUT2D eigenvalue weighted by Crippen LogP contribution is -2.39. The first-order valence-electron chi connectivity index (χ1n) is 5.72. The second-order valence-corrected chi connectivity index (χ2v) is 4.50. The van der Waals surface area contributed by atoms with Gasteiger partial charge in [-0.25, -0.2) is 4.98 Å². The van der Waals surface area contributed by atoms with Crippen molar-refractivity contribution >= 4 is 0 Å². The van der Waals surface area contributed by atoms with Crippen molar-refractivity contribution in [2.45, 2.75) is 39.8 Å². The van der Waals surface area contributed by atoms with Gasteiger partial charge in [-0.3, -0.25) is 0 Å². The van der Waals surface area contributed by atoms with E-state index in [0.29, 0.717) is 18.6 Å². The van der Waals surface area contributed by atoms with E-state index in [1.54, 1.807) is 13.3 Å². The van der Waals surface area contributed by atoms with Gasteiger partial charge >= 0.3 is 0 Å². The summed E-state index contributed by atoms with van der Waals surface area (Å²) in [6.45, 7) is 8.99. The van der Waals surface area contributed by atoms with E-state index < -0.39 is 0 Å². The van der Waals surface area contributed by atoms with E-state index in [0.717, 1.165) is 11.7 Å². The first kappa shape index (κ1) is 13.2. The molecule has 16 heavy (non-hydrogen) atoms. The lowest BCUT2D eigenvalue weighted by Gasteiger charge is -2.24. The maximum absolute atomic E-state index is 5.49. The molecule has 0 saturated carbocycles. The number of nitrogens with zero attached hydrogens (tertiary/aromatic N) is 1. The van der Waals surface area contributed by atoms with Crippen molar-refractivity contribution in [3.8, 4) is 0 Å². The minimum absolute atomic E-state index is 0.108. The molecule has 0 amide bonds. The predicted molar refractivity (Wildman–Crippen MR) is 63.3 cm³/mol. The Kier molecular flexibility index (Phi) is 4.96. The number of ether oxygens (including phenoxy) is 1. The molecule has 0 saturated heterocycles. The fourth-order valence-corrected chi connectivity index (χ4v) is 1.58. The molecular formula is C12H22N2O2. The highest BCUT2D eigenvalue weighted by atomic mass is 16.5. The highest BCUT2D eigenvalue weighted by molar-refractivity contribution is 4.95. The second kappa shape index (κ2) is 6.01. The van der Waals surface area contributed by atoms with Crippen LogP contribution >= 0.6 is 0 Å². The molecule has 1 aromatic heterocycles. The topological polar surface area (TPSA) is 47.3 Å². The summed E-state index contributed by atoms with van der Waals surface area (Å²) in [6, 6.07) is 0.420. The maximum atomic E-state index is 5.49.